The van der Waals surface area contributed by atoms with E-state index in [9.17, 15) is 31.5 Å². The first-order chi connectivity index (χ1) is 13.6. The van der Waals surface area contributed by atoms with Crippen LogP contribution in [-0.2, 0) is 6.18 Å². The molecule has 29 heavy (non-hydrogen) atoms. The third-order valence-corrected chi connectivity index (χ3v) is 4.85. The number of benzene rings is 2. The van der Waals surface area contributed by atoms with E-state index in [-0.39, 0.29) is 42.3 Å². The number of hydrogen-bond acceptors (Lipinski definition) is 2. The minimum atomic E-state index is -4.92. The summed E-state index contributed by atoms with van der Waals surface area (Å²) in [5, 5.41) is -0.0421. The van der Waals surface area contributed by atoms with Gasteiger partial charge in [-0.1, -0.05) is 11.6 Å². The van der Waals surface area contributed by atoms with Gasteiger partial charge in [-0.15, -0.1) is 0 Å². The molecule has 0 bridgehead atoms. The van der Waals surface area contributed by atoms with Crippen molar-refractivity contribution in [2.24, 2.45) is 0 Å². The SMILES string of the molecule is O=C(c1ccc(F)c(C(F)(F)F)c1)N1CCN(C(=O)c2ccc(F)cc2Cl)CC1. The average molecular weight is 433 g/mol. The van der Waals surface area contributed by atoms with Crippen molar-refractivity contribution in [3.05, 3.63) is 69.7 Å². The second-order valence-corrected chi connectivity index (χ2v) is 6.81. The third-order valence-electron chi connectivity index (χ3n) is 4.53. The van der Waals surface area contributed by atoms with Gasteiger partial charge >= 0.3 is 6.18 Å². The number of carbonyl (C=O) groups excluding carboxylic acids is 2. The lowest BCUT2D eigenvalue weighted by Gasteiger charge is -2.35. The number of amides is 2. The second kappa shape index (κ2) is 7.98. The van der Waals surface area contributed by atoms with E-state index >= 15 is 0 Å². The standard InChI is InChI=1S/C19H14ClF5N2O2/c20-15-10-12(21)2-3-13(15)18(29)27-7-5-26(6-8-27)17(28)11-1-4-16(22)14(9-11)19(23,24)25/h1-4,9-10H,5-8H2. The van der Waals surface area contributed by atoms with Crippen LogP contribution in [0.3, 0.4) is 0 Å². The maximum absolute atomic E-state index is 13.4. The van der Waals surface area contributed by atoms with Crippen molar-refractivity contribution in [2.45, 2.75) is 6.18 Å². The maximum atomic E-state index is 13.4. The molecule has 0 radical (unpaired) electrons. The molecule has 0 aliphatic carbocycles. The lowest BCUT2D eigenvalue weighted by atomic mass is 10.1. The molecule has 0 aromatic heterocycles. The molecular formula is C19H14ClF5N2O2. The summed E-state index contributed by atoms with van der Waals surface area (Å²) < 4.78 is 65.1. The Morgan fingerprint density at radius 2 is 1.45 bits per heavy atom. The van der Waals surface area contributed by atoms with Crippen LogP contribution >= 0.6 is 11.6 Å². The molecule has 2 aromatic carbocycles. The van der Waals surface area contributed by atoms with Gasteiger partial charge < -0.3 is 9.80 Å². The summed E-state index contributed by atoms with van der Waals surface area (Å²) in [5.41, 5.74) is -1.69. The molecule has 1 saturated heterocycles. The highest BCUT2D eigenvalue weighted by Crippen LogP contribution is 2.32. The number of carbonyl (C=O) groups is 2. The lowest BCUT2D eigenvalue weighted by molar-refractivity contribution is -0.140. The maximum Gasteiger partial charge on any atom is 0.419 e. The Kier molecular flexibility index (Phi) is 5.79. The zero-order valence-corrected chi connectivity index (χ0v) is 15.5. The van der Waals surface area contributed by atoms with Gasteiger partial charge in [-0.05, 0) is 36.4 Å². The van der Waals surface area contributed by atoms with Gasteiger partial charge in [0.1, 0.15) is 11.6 Å². The van der Waals surface area contributed by atoms with Gasteiger partial charge in [-0.2, -0.15) is 13.2 Å². The molecule has 0 atom stereocenters. The van der Waals surface area contributed by atoms with E-state index in [0.29, 0.717) is 12.1 Å². The van der Waals surface area contributed by atoms with Crippen molar-refractivity contribution in [1.29, 1.82) is 0 Å². The van der Waals surface area contributed by atoms with E-state index in [2.05, 4.69) is 0 Å². The summed E-state index contributed by atoms with van der Waals surface area (Å²) in [6, 6.07) is 5.45. The molecule has 3 rings (SSSR count). The smallest absolute Gasteiger partial charge is 0.335 e. The Hall–Kier alpha value is -2.68. The first kappa shape index (κ1) is 21.0. The van der Waals surface area contributed by atoms with Crippen LogP contribution in [0.15, 0.2) is 36.4 Å². The Labute approximate surface area is 167 Å². The third kappa shape index (κ3) is 4.50. The largest absolute Gasteiger partial charge is 0.419 e. The Morgan fingerprint density at radius 3 is 2.00 bits per heavy atom. The van der Waals surface area contributed by atoms with E-state index in [1.54, 1.807) is 0 Å². The van der Waals surface area contributed by atoms with E-state index in [4.69, 9.17) is 11.6 Å². The van der Waals surface area contributed by atoms with Gasteiger partial charge in [0.25, 0.3) is 11.8 Å². The predicted octanol–water partition coefficient (Wildman–Crippen LogP) is 4.24. The van der Waals surface area contributed by atoms with E-state index in [1.807, 2.05) is 0 Å². The summed E-state index contributed by atoms with van der Waals surface area (Å²) in [6.07, 6.45) is -4.92. The fraction of sp³-hybridized carbons (Fsp3) is 0.263. The lowest BCUT2D eigenvalue weighted by Crippen LogP contribution is -2.50. The number of halogens is 6. The molecular weight excluding hydrogens is 419 g/mol. The van der Waals surface area contributed by atoms with Crippen LogP contribution in [0.1, 0.15) is 26.3 Å². The first-order valence-corrected chi connectivity index (χ1v) is 8.86. The van der Waals surface area contributed by atoms with Gasteiger partial charge in [-0.3, -0.25) is 9.59 Å². The Bertz CT molecular complexity index is 956. The van der Waals surface area contributed by atoms with Crippen molar-refractivity contribution in [3.63, 3.8) is 0 Å². The van der Waals surface area contributed by atoms with E-state index in [0.717, 1.165) is 18.2 Å². The molecule has 154 valence electrons. The number of rotatable bonds is 2. The van der Waals surface area contributed by atoms with Crippen molar-refractivity contribution >= 4 is 23.4 Å². The zero-order valence-electron chi connectivity index (χ0n) is 14.8. The summed E-state index contributed by atoms with van der Waals surface area (Å²) in [5.74, 6) is -3.18. The van der Waals surface area contributed by atoms with Gasteiger partial charge in [0.2, 0.25) is 0 Å². The molecule has 0 N–H and O–H groups in total. The van der Waals surface area contributed by atoms with Crippen LogP contribution in [0.2, 0.25) is 5.02 Å². The molecule has 0 saturated carbocycles. The first-order valence-electron chi connectivity index (χ1n) is 8.48. The highest BCUT2D eigenvalue weighted by Gasteiger charge is 2.35. The molecule has 0 spiro atoms. The molecule has 4 nitrogen and oxygen atoms in total. The molecule has 1 aliphatic rings. The number of nitrogens with zero attached hydrogens (tertiary/aromatic N) is 2. The van der Waals surface area contributed by atoms with Gasteiger partial charge in [-0.25, -0.2) is 8.78 Å². The highest BCUT2D eigenvalue weighted by atomic mass is 35.5. The molecule has 2 amide bonds. The fourth-order valence-corrected chi connectivity index (χ4v) is 3.25. The quantitative estimate of drug-likeness (QED) is 0.666. The van der Waals surface area contributed by atoms with Crippen molar-refractivity contribution < 1.29 is 31.5 Å². The zero-order chi connectivity index (χ0) is 21.3. The van der Waals surface area contributed by atoms with Crippen molar-refractivity contribution in [3.8, 4) is 0 Å². The summed E-state index contributed by atoms with van der Waals surface area (Å²) in [6.45, 7) is 0.376. The van der Waals surface area contributed by atoms with Gasteiger partial charge in [0.15, 0.2) is 0 Å². The topological polar surface area (TPSA) is 40.6 Å². The molecule has 0 unspecified atom stereocenters. The van der Waals surface area contributed by atoms with Crippen molar-refractivity contribution in [1.82, 2.24) is 9.80 Å². The van der Waals surface area contributed by atoms with Crippen LogP contribution in [0, 0.1) is 11.6 Å². The molecule has 1 heterocycles. The number of alkyl halides is 3. The summed E-state index contributed by atoms with van der Waals surface area (Å²) >= 11 is 5.89. The van der Waals surface area contributed by atoms with Crippen LogP contribution in [0.25, 0.3) is 0 Å². The highest BCUT2D eigenvalue weighted by molar-refractivity contribution is 6.33. The molecule has 10 heteroatoms. The number of hydrogen-bond donors (Lipinski definition) is 0. The number of piperazine rings is 1. The Morgan fingerprint density at radius 1 is 0.862 bits per heavy atom. The van der Waals surface area contributed by atoms with E-state index < -0.39 is 35.2 Å². The summed E-state index contributed by atoms with van der Waals surface area (Å²) in [4.78, 5) is 27.7. The average Bonchev–Trinajstić information content (AvgIpc) is 2.66. The van der Waals surface area contributed by atoms with Crippen molar-refractivity contribution in [2.75, 3.05) is 26.2 Å². The van der Waals surface area contributed by atoms with Gasteiger partial charge in [0.05, 0.1) is 16.1 Å². The monoisotopic (exact) mass is 432 g/mol. The fourth-order valence-electron chi connectivity index (χ4n) is 3.00. The van der Waals surface area contributed by atoms with Crippen LogP contribution in [-0.4, -0.2) is 47.8 Å². The second-order valence-electron chi connectivity index (χ2n) is 6.40. The van der Waals surface area contributed by atoms with E-state index in [1.165, 1.54) is 15.9 Å². The molecule has 1 fully saturated rings. The minimum Gasteiger partial charge on any atom is -0.335 e. The minimum absolute atomic E-state index is 0.0421. The van der Waals surface area contributed by atoms with Crippen LogP contribution in [0.5, 0.6) is 0 Å². The molecule has 1 aliphatic heterocycles. The summed E-state index contributed by atoms with van der Waals surface area (Å²) in [7, 11) is 0. The predicted molar refractivity (Wildman–Crippen MR) is 94.6 cm³/mol. The van der Waals surface area contributed by atoms with Gasteiger partial charge in [0, 0.05) is 31.7 Å². The normalized spacial score (nSPS) is 14.8. The van der Waals surface area contributed by atoms with Crippen LogP contribution < -0.4 is 0 Å². The van der Waals surface area contributed by atoms with Crippen LogP contribution in [0.4, 0.5) is 22.0 Å². The Balaban J connectivity index is 1.69. The molecule has 2 aromatic rings.